The molecule has 25 heavy (non-hydrogen) atoms. The lowest BCUT2D eigenvalue weighted by molar-refractivity contribution is -0.138. The molecular weight excluding hydrogens is 326 g/mol. The average molecular weight is 355 g/mol. The van der Waals surface area contributed by atoms with Gasteiger partial charge in [-0.1, -0.05) is 0 Å². The molecule has 1 aliphatic rings. The Labute approximate surface area is 148 Å². The fourth-order valence-corrected chi connectivity index (χ4v) is 2.42. The van der Waals surface area contributed by atoms with Crippen molar-refractivity contribution in [2.45, 2.75) is 46.1 Å². The summed E-state index contributed by atoms with van der Waals surface area (Å²) in [6.45, 7) is 8.95. The van der Waals surface area contributed by atoms with Crippen molar-refractivity contribution in [2.75, 3.05) is 26.2 Å². The van der Waals surface area contributed by atoms with E-state index in [1.807, 2.05) is 20.8 Å². The number of ether oxygens (including phenoxy) is 2. The second kappa shape index (κ2) is 9.29. The van der Waals surface area contributed by atoms with Crippen LogP contribution in [0.25, 0.3) is 0 Å². The number of amides is 1. The Balaban J connectivity index is 2.47. The molecule has 0 aromatic rings. The van der Waals surface area contributed by atoms with Gasteiger partial charge in [0.25, 0.3) is 0 Å². The molecule has 0 radical (unpaired) electrons. The Morgan fingerprint density at radius 3 is 2.40 bits per heavy atom. The van der Waals surface area contributed by atoms with E-state index in [0.29, 0.717) is 19.6 Å². The molecule has 0 aromatic heterocycles. The molecule has 1 aliphatic heterocycles. The average Bonchev–Trinajstić information content (AvgIpc) is 2.52. The van der Waals surface area contributed by atoms with E-state index in [1.54, 1.807) is 11.8 Å². The molecule has 0 unspecified atom stereocenters. The highest BCUT2D eigenvalue weighted by Gasteiger charge is 2.27. The van der Waals surface area contributed by atoms with Crippen LogP contribution in [0.4, 0.5) is 4.79 Å². The number of carbonyl (C=O) groups excluding carboxylic acids is 2. The van der Waals surface area contributed by atoms with Gasteiger partial charge in [0.15, 0.2) is 0 Å². The van der Waals surface area contributed by atoms with E-state index in [-0.39, 0.29) is 30.1 Å². The van der Waals surface area contributed by atoms with E-state index < -0.39 is 11.6 Å². The second-order valence-corrected chi connectivity index (χ2v) is 6.92. The van der Waals surface area contributed by atoms with Gasteiger partial charge in [0.05, 0.1) is 6.61 Å². The van der Waals surface area contributed by atoms with Crippen LogP contribution < -0.4 is 5.32 Å². The number of nitrogens with zero attached hydrogens (tertiary/aromatic N) is 1. The highest BCUT2D eigenvalue weighted by molar-refractivity contribution is 6.08. The van der Waals surface area contributed by atoms with Gasteiger partial charge in [-0.15, -0.1) is 0 Å². The number of piperidine rings is 1. The highest BCUT2D eigenvalue weighted by Crippen LogP contribution is 2.19. The van der Waals surface area contributed by atoms with Gasteiger partial charge in [-0.2, -0.15) is 0 Å². The minimum atomic E-state index is -0.734. The van der Waals surface area contributed by atoms with E-state index in [0.717, 1.165) is 19.1 Å². The normalized spacial score (nSPS) is 16.7. The molecule has 142 valence electrons. The molecule has 0 spiro atoms. The third-order valence-corrected chi connectivity index (χ3v) is 3.72. The molecule has 1 heterocycles. The molecule has 0 atom stereocenters. The second-order valence-electron chi connectivity index (χ2n) is 6.92. The molecule has 1 fully saturated rings. The molecule has 3 N–H and O–H groups in total. The summed E-state index contributed by atoms with van der Waals surface area (Å²) in [7, 11) is 0. The van der Waals surface area contributed by atoms with Crippen LogP contribution in [0.15, 0.2) is 11.5 Å². The minimum absolute atomic E-state index is 0.173. The van der Waals surface area contributed by atoms with Crippen LogP contribution in [0.1, 0.15) is 40.5 Å². The topological polar surface area (TPSA) is 112 Å². The summed E-state index contributed by atoms with van der Waals surface area (Å²) >= 11 is 0. The Morgan fingerprint density at radius 2 is 1.92 bits per heavy atom. The molecule has 0 bridgehead atoms. The lowest BCUT2D eigenvalue weighted by Crippen LogP contribution is -2.43. The predicted molar refractivity (Wildman–Crippen MR) is 93.6 cm³/mol. The minimum Gasteiger partial charge on any atom is -0.494 e. The smallest absolute Gasteiger partial charge is 0.410 e. The zero-order chi connectivity index (χ0) is 19.0. The van der Waals surface area contributed by atoms with Crippen LogP contribution >= 0.6 is 0 Å². The van der Waals surface area contributed by atoms with Gasteiger partial charge < -0.3 is 30.2 Å². The van der Waals surface area contributed by atoms with Crippen LogP contribution in [0.3, 0.4) is 0 Å². The standard InChI is InChI=1S/C17H29N3O5/c1-5-24-15(22)13(10-18)14(21)19-11-12-6-8-20(9-7-12)16(23)25-17(2,3)4/h10,12,18-19,21H,5-9,11H2,1-4H3/b14-13-,18-10?. The third-order valence-electron chi connectivity index (χ3n) is 3.72. The monoisotopic (exact) mass is 355 g/mol. The summed E-state index contributed by atoms with van der Waals surface area (Å²) in [6, 6.07) is 0. The van der Waals surface area contributed by atoms with Gasteiger partial charge in [-0.05, 0) is 46.5 Å². The van der Waals surface area contributed by atoms with Gasteiger partial charge >= 0.3 is 12.1 Å². The lowest BCUT2D eigenvalue weighted by atomic mass is 9.97. The summed E-state index contributed by atoms with van der Waals surface area (Å²) in [5, 5.41) is 19.9. The molecule has 0 aliphatic carbocycles. The Bertz CT molecular complexity index is 517. The Kier molecular flexibility index (Phi) is 7.73. The lowest BCUT2D eigenvalue weighted by Gasteiger charge is -2.33. The largest absolute Gasteiger partial charge is 0.494 e. The zero-order valence-corrected chi connectivity index (χ0v) is 15.4. The van der Waals surface area contributed by atoms with E-state index in [9.17, 15) is 14.7 Å². The van der Waals surface area contributed by atoms with Crippen LogP contribution in [0, 0.1) is 11.3 Å². The fourth-order valence-electron chi connectivity index (χ4n) is 2.42. The Morgan fingerprint density at radius 1 is 1.32 bits per heavy atom. The summed E-state index contributed by atoms with van der Waals surface area (Å²) < 4.78 is 10.1. The fraction of sp³-hybridized carbons (Fsp3) is 0.706. The number of aliphatic hydroxyl groups is 1. The summed E-state index contributed by atoms with van der Waals surface area (Å²) in [5.41, 5.74) is -0.712. The molecule has 8 heteroatoms. The summed E-state index contributed by atoms with van der Waals surface area (Å²) in [4.78, 5) is 25.3. The van der Waals surface area contributed by atoms with Gasteiger partial charge in [0, 0.05) is 25.8 Å². The van der Waals surface area contributed by atoms with Gasteiger partial charge in [0.2, 0.25) is 5.88 Å². The molecule has 1 rings (SSSR count). The number of hydrogen-bond acceptors (Lipinski definition) is 7. The van der Waals surface area contributed by atoms with Crippen molar-refractivity contribution in [1.29, 1.82) is 5.41 Å². The van der Waals surface area contributed by atoms with Crippen LogP contribution in [-0.4, -0.2) is 60.1 Å². The maximum Gasteiger partial charge on any atom is 0.410 e. The zero-order valence-electron chi connectivity index (χ0n) is 15.4. The Hall–Kier alpha value is -2.25. The van der Waals surface area contributed by atoms with Gasteiger partial charge in [-0.25, -0.2) is 9.59 Å². The summed E-state index contributed by atoms with van der Waals surface area (Å²) in [5.74, 6) is -0.847. The predicted octanol–water partition coefficient (Wildman–Crippen LogP) is 2.21. The summed E-state index contributed by atoms with van der Waals surface area (Å²) in [6.07, 6.45) is 1.98. The first-order chi connectivity index (χ1) is 11.7. The van der Waals surface area contributed by atoms with Gasteiger partial charge in [-0.3, -0.25) is 0 Å². The number of esters is 1. The van der Waals surface area contributed by atoms with Crippen molar-refractivity contribution in [3.63, 3.8) is 0 Å². The highest BCUT2D eigenvalue weighted by atomic mass is 16.6. The molecule has 1 saturated heterocycles. The number of likely N-dealkylation sites (tertiary alicyclic amines) is 1. The molecular formula is C17H29N3O5. The van der Waals surface area contributed by atoms with Crippen molar-refractivity contribution in [3.05, 3.63) is 11.5 Å². The van der Waals surface area contributed by atoms with Crippen molar-refractivity contribution in [3.8, 4) is 0 Å². The first kappa shape index (κ1) is 20.8. The van der Waals surface area contributed by atoms with E-state index >= 15 is 0 Å². The van der Waals surface area contributed by atoms with Crippen molar-refractivity contribution in [2.24, 2.45) is 5.92 Å². The molecule has 1 amide bonds. The number of hydrogen-bond donors (Lipinski definition) is 3. The van der Waals surface area contributed by atoms with E-state index in [2.05, 4.69) is 5.32 Å². The van der Waals surface area contributed by atoms with Crippen molar-refractivity contribution in [1.82, 2.24) is 10.2 Å². The number of nitrogens with one attached hydrogen (secondary N) is 2. The SMILES string of the molecule is CCOC(=O)/C(C=N)=C(\O)NCC1CCN(C(=O)OC(C)(C)C)CC1. The van der Waals surface area contributed by atoms with Crippen LogP contribution in [-0.2, 0) is 14.3 Å². The molecule has 0 saturated carbocycles. The first-order valence-electron chi connectivity index (χ1n) is 8.50. The maximum atomic E-state index is 12.0. The number of aliphatic hydroxyl groups excluding tert-OH is 1. The quantitative estimate of drug-likeness (QED) is 0.291. The van der Waals surface area contributed by atoms with E-state index in [4.69, 9.17) is 14.9 Å². The number of carbonyl (C=O) groups is 2. The van der Waals surface area contributed by atoms with Crippen LogP contribution in [0.2, 0.25) is 0 Å². The molecule has 0 aromatic carbocycles. The van der Waals surface area contributed by atoms with Crippen molar-refractivity contribution < 1.29 is 24.2 Å². The molecule has 8 nitrogen and oxygen atoms in total. The maximum absolute atomic E-state index is 12.0. The van der Waals surface area contributed by atoms with Crippen molar-refractivity contribution >= 4 is 18.3 Å². The van der Waals surface area contributed by atoms with Gasteiger partial charge in [0.1, 0.15) is 11.2 Å². The number of rotatable bonds is 6. The van der Waals surface area contributed by atoms with Crippen LogP contribution in [0.5, 0.6) is 0 Å². The first-order valence-corrected chi connectivity index (χ1v) is 8.50. The van der Waals surface area contributed by atoms with E-state index in [1.165, 1.54) is 0 Å². The third kappa shape index (κ3) is 7.03.